The highest BCUT2D eigenvalue weighted by molar-refractivity contribution is 5.97. The van der Waals surface area contributed by atoms with Crippen molar-refractivity contribution in [3.8, 4) is 0 Å². The molecular formula is C30H27F6N3O2. The first-order chi connectivity index (χ1) is 19.3. The minimum Gasteiger partial charge on any atom is -0.361 e. The molecular weight excluding hydrogens is 548 g/mol. The van der Waals surface area contributed by atoms with E-state index < -0.39 is 41.0 Å². The molecule has 0 fully saturated rings. The topological polar surface area (TPSA) is 56.4 Å². The van der Waals surface area contributed by atoms with Crippen molar-refractivity contribution >= 4 is 28.4 Å². The van der Waals surface area contributed by atoms with Gasteiger partial charge in [0.2, 0.25) is 5.91 Å². The van der Waals surface area contributed by atoms with Crippen molar-refractivity contribution in [2.45, 2.75) is 38.2 Å². The molecule has 0 bridgehead atoms. The van der Waals surface area contributed by atoms with Crippen LogP contribution in [0, 0.1) is 0 Å². The van der Waals surface area contributed by atoms with Crippen LogP contribution in [0.2, 0.25) is 0 Å². The Kier molecular flexibility index (Phi) is 8.46. The van der Waals surface area contributed by atoms with Gasteiger partial charge >= 0.3 is 12.4 Å². The number of anilines is 1. The number of carbonyl (C=O) groups excluding carboxylic acids is 2. The number of halogens is 6. The molecule has 4 rings (SSSR count). The second-order valence-corrected chi connectivity index (χ2v) is 9.61. The summed E-state index contributed by atoms with van der Waals surface area (Å²) in [4.78, 5) is 32.6. The van der Waals surface area contributed by atoms with Crippen LogP contribution in [0.3, 0.4) is 0 Å². The molecule has 1 unspecified atom stereocenters. The molecule has 0 aliphatic rings. The van der Waals surface area contributed by atoms with Gasteiger partial charge in [-0.1, -0.05) is 36.4 Å². The highest BCUT2D eigenvalue weighted by Crippen LogP contribution is 2.37. The Morgan fingerprint density at radius 3 is 2.02 bits per heavy atom. The molecule has 11 heteroatoms. The number of hydrogen-bond donors (Lipinski definition) is 1. The molecule has 2 amide bonds. The molecule has 1 aromatic heterocycles. The number of aromatic nitrogens is 1. The molecule has 216 valence electrons. The molecule has 41 heavy (non-hydrogen) atoms. The molecule has 0 saturated heterocycles. The Morgan fingerprint density at radius 1 is 0.854 bits per heavy atom. The molecule has 0 aliphatic carbocycles. The van der Waals surface area contributed by atoms with Crippen molar-refractivity contribution < 1.29 is 35.9 Å². The standard InChI is InChI=1S/C30H27F6N3O2/c1-3-39(23-9-5-4-6-10-23)27(40)17-24(15-20-18-37-26-12-8-7-11-25(20)26)38(2)28(41)19-13-21(29(31,32)33)16-22(14-19)30(34,35)36/h4-14,16,18,24,37H,3,15,17H2,1-2H3. The Bertz CT molecular complexity index is 1500. The SMILES string of the molecule is CCN(C(=O)CC(Cc1c[nH]c2ccccc12)N(C)C(=O)c1cc(C(F)(F)F)cc(C(F)(F)F)c1)c1ccccc1. The summed E-state index contributed by atoms with van der Waals surface area (Å²) in [5.41, 5.74) is -1.80. The van der Waals surface area contributed by atoms with Gasteiger partial charge in [-0.2, -0.15) is 26.3 Å². The fraction of sp³-hybridized carbons (Fsp3) is 0.267. The van der Waals surface area contributed by atoms with E-state index in [9.17, 15) is 35.9 Å². The van der Waals surface area contributed by atoms with Gasteiger partial charge in [0, 0.05) is 54.4 Å². The van der Waals surface area contributed by atoms with E-state index in [-0.39, 0.29) is 24.8 Å². The molecule has 5 nitrogen and oxygen atoms in total. The predicted octanol–water partition coefficient (Wildman–Crippen LogP) is 7.33. The lowest BCUT2D eigenvalue weighted by Gasteiger charge is -2.31. The van der Waals surface area contributed by atoms with Crippen LogP contribution in [-0.4, -0.2) is 41.3 Å². The smallest absolute Gasteiger partial charge is 0.361 e. The third-order valence-electron chi connectivity index (χ3n) is 6.93. The summed E-state index contributed by atoms with van der Waals surface area (Å²) in [7, 11) is 1.28. The second kappa shape index (κ2) is 11.7. The number of hydrogen-bond acceptors (Lipinski definition) is 2. The van der Waals surface area contributed by atoms with Crippen molar-refractivity contribution in [3.63, 3.8) is 0 Å². The predicted molar refractivity (Wildman–Crippen MR) is 143 cm³/mol. The molecule has 1 heterocycles. The van der Waals surface area contributed by atoms with Crippen LogP contribution in [-0.2, 0) is 23.6 Å². The van der Waals surface area contributed by atoms with Crippen LogP contribution >= 0.6 is 0 Å². The van der Waals surface area contributed by atoms with E-state index in [2.05, 4.69) is 4.98 Å². The Labute approximate surface area is 232 Å². The summed E-state index contributed by atoms with van der Waals surface area (Å²) in [5.74, 6) is -1.43. The first kappa shape index (κ1) is 29.7. The van der Waals surface area contributed by atoms with Crippen LogP contribution < -0.4 is 4.90 Å². The van der Waals surface area contributed by atoms with Gasteiger partial charge in [-0.25, -0.2) is 0 Å². The number of fused-ring (bicyclic) bond motifs is 1. The van der Waals surface area contributed by atoms with Gasteiger partial charge < -0.3 is 14.8 Å². The Balaban J connectivity index is 1.72. The summed E-state index contributed by atoms with van der Waals surface area (Å²) in [6, 6.07) is 16.0. The summed E-state index contributed by atoms with van der Waals surface area (Å²) in [5, 5.41) is 0.819. The van der Waals surface area contributed by atoms with Gasteiger partial charge in [-0.3, -0.25) is 9.59 Å². The lowest BCUT2D eigenvalue weighted by Crippen LogP contribution is -2.43. The van der Waals surface area contributed by atoms with Gasteiger partial charge in [-0.05, 0) is 55.3 Å². The zero-order valence-electron chi connectivity index (χ0n) is 22.2. The minimum absolute atomic E-state index is 0.0251. The van der Waals surface area contributed by atoms with Crippen LogP contribution in [0.15, 0.2) is 79.0 Å². The van der Waals surface area contributed by atoms with Gasteiger partial charge in [0.1, 0.15) is 0 Å². The number of nitrogens with zero attached hydrogens (tertiary/aromatic N) is 2. The van der Waals surface area contributed by atoms with Crippen LogP contribution in [0.5, 0.6) is 0 Å². The normalized spacial score (nSPS) is 12.8. The maximum Gasteiger partial charge on any atom is 0.416 e. The largest absolute Gasteiger partial charge is 0.416 e. The summed E-state index contributed by atoms with van der Waals surface area (Å²) in [6.07, 6.45) is -8.61. The number of para-hydroxylation sites is 2. The van der Waals surface area contributed by atoms with Crippen LogP contribution in [0.4, 0.5) is 32.0 Å². The van der Waals surface area contributed by atoms with Gasteiger partial charge in [0.25, 0.3) is 5.91 Å². The highest BCUT2D eigenvalue weighted by atomic mass is 19.4. The Hall–Kier alpha value is -4.28. The monoisotopic (exact) mass is 575 g/mol. The maximum absolute atomic E-state index is 13.5. The van der Waals surface area contributed by atoms with Gasteiger partial charge in [0.05, 0.1) is 11.1 Å². The third kappa shape index (κ3) is 6.72. The number of amides is 2. The molecule has 3 aromatic carbocycles. The summed E-state index contributed by atoms with van der Waals surface area (Å²) < 4.78 is 80.8. The van der Waals surface area contributed by atoms with Crippen molar-refractivity contribution in [1.29, 1.82) is 0 Å². The van der Waals surface area contributed by atoms with E-state index in [1.54, 1.807) is 43.5 Å². The first-order valence-corrected chi connectivity index (χ1v) is 12.8. The third-order valence-corrected chi connectivity index (χ3v) is 6.93. The number of carbonyl (C=O) groups is 2. The molecule has 0 radical (unpaired) electrons. The lowest BCUT2D eigenvalue weighted by molar-refractivity contribution is -0.143. The van der Waals surface area contributed by atoms with E-state index in [0.29, 0.717) is 24.4 Å². The van der Waals surface area contributed by atoms with Crippen molar-refractivity contribution in [1.82, 2.24) is 9.88 Å². The molecule has 0 saturated carbocycles. The zero-order valence-corrected chi connectivity index (χ0v) is 22.2. The van der Waals surface area contributed by atoms with Crippen molar-refractivity contribution in [2.75, 3.05) is 18.5 Å². The van der Waals surface area contributed by atoms with E-state index in [0.717, 1.165) is 21.4 Å². The molecule has 4 aromatic rings. The van der Waals surface area contributed by atoms with Crippen LogP contribution in [0.1, 0.15) is 40.4 Å². The summed E-state index contributed by atoms with van der Waals surface area (Å²) in [6.45, 7) is 2.08. The number of benzene rings is 3. The summed E-state index contributed by atoms with van der Waals surface area (Å²) >= 11 is 0. The van der Waals surface area contributed by atoms with E-state index in [4.69, 9.17) is 0 Å². The minimum atomic E-state index is -5.11. The average molecular weight is 576 g/mol. The average Bonchev–Trinajstić information content (AvgIpc) is 3.34. The van der Waals surface area contributed by atoms with E-state index >= 15 is 0 Å². The molecule has 0 spiro atoms. The Morgan fingerprint density at radius 2 is 1.44 bits per heavy atom. The van der Waals surface area contributed by atoms with Gasteiger partial charge in [0.15, 0.2) is 0 Å². The number of aromatic amines is 1. The quantitative estimate of drug-likeness (QED) is 0.224. The molecule has 1 N–H and O–H groups in total. The molecule has 1 atom stereocenters. The molecule has 0 aliphatic heterocycles. The van der Waals surface area contributed by atoms with Crippen molar-refractivity contribution in [3.05, 3.63) is 101 Å². The lowest BCUT2D eigenvalue weighted by atomic mass is 9.98. The number of likely N-dealkylation sites (N-methyl/N-ethyl adjacent to an activating group) is 1. The number of alkyl halides is 6. The van der Waals surface area contributed by atoms with E-state index in [1.807, 2.05) is 24.3 Å². The first-order valence-electron chi connectivity index (χ1n) is 12.8. The number of H-pyrrole nitrogens is 1. The van der Waals surface area contributed by atoms with Crippen LogP contribution in [0.25, 0.3) is 10.9 Å². The number of nitrogens with one attached hydrogen (secondary N) is 1. The second-order valence-electron chi connectivity index (χ2n) is 9.61. The van der Waals surface area contributed by atoms with Crippen molar-refractivity contribution in [2.24, 2.45) is 0 Å². The highest BCUT2D eigenvalue weighted by Gasteiger charge is 2.38. The van der Waals surface area contributed by atoms with E-state index in [1.165, 1.54) is 11.9 Å². The fourth-order valence-electron chi connectivity index (χ4n) is 4.77. The zero-order chi connectivity index (χ0) is 29.9. The maximum atomic E-state index is 13.5. The number of rotatable bonds is 8. The van der Waals surface area contributed by atoms with Gasteiger partial charge in [-0.15, -0.1) is 0 Å². The fourth-order valence-corrected chi connectivity index (χ4v) is 4.77.